The SMILES string of the molecule is CC(C)(C)c1ccc(C(C)(C)CO)cc1. The predicted molar refractivity (Wildman–Crippen MR) is 65.3 cm³/mol. The largest absolute Gasteiger partial charge is 0.395 e. The Balaban J connectivity index is 3.01. The maximum atomic E-state index is 9.28. The molecule has 0 fully saturated rings. The zero-order valence-corrected chi connectivity index (χ0v) is 10.5. The van der Waals surface area contributed by atoms with Gasteiger partial charge in [0.1, 0.15) is 0 Å². The fourth-order valence-corrected chi connectivity index (χ4v) is 1.51. The van der Waals surface area contributed by atoms with Gasteiger partial charge in [0, 0.05) is 5.41 Å². The molecule has 1 heteroatoms. The van der Waals surface area contributed by atoms with Gasteiger partial charge < -0.3 is 5.11 Å². The summed E-state index contributed by atoms with van der Waals surface area (Å²) < 4.78 is 0. The number of benzene rings is 1. The first kappa shape index (κ1) is 12.3. The van der Waals surface area contributed by atoms with E-state index in [4.69, 9.17) is 0 Å². The summed E-state index contributed by atoms with van der Waals surface area (Å²) in [6.45, 7) is 10.9. The van der Waals surface area contributed by atoms with Gasteiger partial charge in [0.2, 0.25) is 0 Å². The number of hydrogen-bond acceptors (Lipinski definition) is 1. The van der Waals surface area contributed by atoms with E-state index >= 15 is 0 Å². The first-order valence-corrected chi connectivity index (χ1v) is 5.49. The first-order chi connectivity index (χ1) is 6.77. The van der Waals surface area contributed by atoms with Crippen LogP contribution in [0, 0.1) is 0 Å². The lowest BCUT2D eigenvalue weighted by Crippen LogP contribution is -2.22. The lowest BCUT2D eigenvalue weighted by Gasteiger charge is -2.24. The summed E-state index contributed by atoms with van der Waals surface area (Å²) in [5.41, 5.74) is 2.58. The minimum atomic E-state index is -0.142. The zero-order valence-electron chi connectivity index (χ0n) is 10.5. The third-order valence-corrected chi connectivity index (χ3v) is 2.93. The lowest BCUT2D eigenvalue weighted by atomic mass is 9.82. The van der Waals surface area contributed by atoms with Crippen LogP contribution in [0.5, 0.6) is 0 Å². The van der Waals surface area contributed by atoms with Gasteiger partial charge in [-0.1, -0.05) is 58.9 Å². The molecule has 0 atom stereocenters. The molecule has 1 rings (SSSR count). The van der Waals surface area contributed by atoms with E-state index in [2.05, 4.69) is 58.9 Å². The average molecular weight is 206 g/mol. The highest BCUT2D eigenvalue weighted by Gasteiger charge is 2.20. The second-order valence-corrected chi connectivity index (χ2v) is 5.87. The van der Waals surface area contributed by atoms with Crippen LogP contribution in [-0.2, 0) is 10.8 Å². The van der Waals surface area contributed by atoms with E-state index in [1.54, 1.807) is 0 Å². The van der Waals surface area contributed by atoms with Crippen LogP contribution < -0.4 is 0 Å². The Labute approximate surface area is 93.1 Å². The topological polar surface area (TPSA) is 20.2 Å². The van der Waals surface area contributed by atoms with Crippen molar-refractivity contribution in [1.29, 1.82) is 0 Å². The lowest BCUT2D eigenvalue weighted by molar-refractivity contribution is 0.218. The maximum absolute atomic E-state index is 9.28. The van der Waals surface area contributed by atoms with Gasteiger partial charge in [-0.15, -0.1) is 0 Å². The first-order valence-electron chi connectivity index (χ1n) is 5.49. The second kappa shape index (κ2) is 3.97. The quantitative estimate of drug-likeness (QED) is 0.787. The van der Waals surface area contributed by atoms with Crippen LogP contribution in [0.25, 0.3) is 0 Å². The van der Waals surface area contributed by atoms with Gasteiger partial charge in [0.25, 0.3) is 0 Å². The monoisotopic (exact) mass is 206 g/mol. The average Bonchev–Trinajstić information content (AvgIpc) is 2.17. The summed E-state index contributed by atoms with van der Waals surface area (Å²) in [6, 6.07) is 8.56. The van der Waals surface area contributed by atoms with Crippen molar-refractivity contribution in [3.63, 3.8) is 0 Å². The van der Waals surface area contributed by atoms with E-state index in [1.807, 2.05) is 0 Å². The molecule has 0 aliphatic carbocycles. The molecule has 0 aromatic heterocycles. The second-order valence-electron chi connectivity index (χ2n) is 5.87. The van der Waals surface area contributed by atoms with Crippen molar-refractivity contribution in [2.75, 3.05) is 6.61 Å². The van der Waals surface area contributed by atoms with Gasteiger partial charge in [-0.3, -0.25) is 0 Å². The van der Waals surface area contributed by atoms with E-state index in [9.17, 15) is 5.11 Å². The highest BCUT2D eigenvalue weighted by atomic mass is 16.3. The molecule has 1 N–H and O–H groups in total. The molecule has 0 radical (unpaired) electrons. The molecular weight excluding hydrogens is 184 g/mol. The van der Waals surface area contributed by atoms with Crippen LogP contribution in [-0.4, -0.2) is 11.7 Å². The smallest absolute Gasteiger partial charge is 0.0522 e. The van der Waals surface area contributed by atoms with Crippen LogP contribution in [0.15, 0.2) is 24.3 Å². The maximum Gasteiger partial charge on any atom is 0.0522 e. The molecule has 15 heavy (non-hydrogen) atoms. The van der Waals surface area contributed by atoms with Crippen LogP contribution in [0.4, 0.5) is 0 Å². The predicted octanol–water partition coefficient (Wildman–Crippen LogP) is 3.25. The molecule has 1 aromatic rings. The highest BCUT2D eigenvalue weighted by molar-refractivity contribution is 5.31. The molecule has 1 aromatic carbocycles. The van der Waals surface area contributed by atoms with Crippen molar-refractivity contribution in [2.24, 2.45) is 0 Å². The third kappa shape index (κ3) is 2.82. The summed E-state index contributed by atoms with van der Waals surface area (Å²) in [7, 11) is 0. The Morgan fingerprint density at radius 2 is 1.27 bits per heavy atom. The van der Waals surface area contributed by atoms with Gasteiger partial charge in [-0.25, -0.2) is 0 Å². The van der Waals surface area contributed by atoms with E-state index in [0.29, 0.717) is 0 Å². The number of hydrogen-bond donors (Lipinski definition) is 1. The van der Waals surface area contributed by atoms with Crippen molar-refractivity contribution < 1.29 is 5.11 Å². The Hall–Kier alpha value is -0.820. The van der Waals surface area contributed by atoms with Crippen LogP contribution in [0.1, 0.15) is 45.7 Å². The molecule has 0 amide bonds. The number of aliphatic hydroxyl groups is 1. The fraction of sp³-hybridized carbons (Fsp3) is 0.571. The van der Waals surface area contributed by atoms with Crippen molar-refractivity contribution in [3.05, 3.63) is 35.4 Å². The van der Waals surface area contributed by atoms with E-state index in [0.717, 1.165) is 0 Å². The van der Waals surface area contributed by atoms with Crippen molar-refractivity contribution in [2.45, 2.75) is 45.4 Å². The zero-order chi connectivity index (χ0) is 11.7. The standard InChI is InChI=1S/C14H22O/c1-13(2,3)11-6-8-12(9-7-11)14(4,5)10-15/h6-9,15H,10H2,1-5H3. The highest BCUT2D eigenvalue weighted by Crippen LogP contribution is 2.27. The molecule has 84 valence electrons. The molecule has 0 saturated carbocycles. The van der Waals surface area contributed by atoms with Crippen molar-refractivity contribution in [3.8, 4) is 0 Å². The van der Waals surface area contributed by atoms with Crippen molar-refractivity contribution in [1.82, 2.24) is 0 Å². The summed E-state index contributed by atoms with van der Waals surface area (Å²) in [5, 5.41) is 9.28. The molecule has 0 saturated heterocycles. The third-order valence-electron chi connectivity index (χ3n) is 2.93. The molecule has 0 heterocycles. The van der Waals surface area contributed by atoms with Gasteiger partial charge in [0.05, 0.1) is 6.61 Å². The number of rotatable bonds is 2. The van der Waals surface area contributed by atoms with Gasteiger partial charge in [-0.05, 0) is 16.5 Å². The molecule has 0 bridgehead atoms. The van der Waals surface area contributed by atoms with Gasteiger partial charge >= 0.3 is 0 Å². The van der Waals surface area contributed by atoms with Gasteiger partial charge in [0.15, 0.2) is 0 Å². The van der Waals surface area contributed by atoms with E-state index < -0.39 is 0 Å². The minimum absolute atomic E-state index is 0.142. The summed E-state index contributed by atoms with van der Waals surface area (Å²) in [6.07, 6.45) is 0. The molecular formula is C14H22O. The van der Waals surface area contributed by atoms with E-state index in [-0.39, 0.29) is 17.4 Å². The molecule has 0 unspecified atom stereocenters. The fourth-order valence-electron chi connectivity index (χ4n) is 1.51. The van der Waals surface area contributed by atoms with E-state index in [1.165, 1.54) is 11.1 Å². The minimum Gasteiger partial charge on any atom is -0.395 e. The van der Waals surface area contributed by atoms with Crippen molar-refractivity contribution >= 4 is 0 Å². The molecule has 1 nitrogen and oxygen atoms in total. The molecule has 0 aliphatic heterocycles. The Morgan fingerprint density at radius 1 is 0.867 bits per heavy atom. The summed E-state index contributed by atoms with van der Waals surface area (Å²) in [5.74, 6) is 0. The van der Waals surface area contributed by atoms with Crippen LogP contribution in [0.3, 0.4) is 0 Å². The molecule has 0 aliphatic rings. The molecule has 0 spiro atoms. The van der Waals surface area contributed by atoms with Crippen LogP contribution in [0.2, 0.25) is 0 Å². The van der Waals surface area contributed by atoms with Gasteiger partial charge in [-0.2, -0.15) is 0 Å². The normalized spacial score (nSPS) is 12.9. The summed E-state index contributed by atoms with van der Waals surface area (Å²) in [4.78, 5) is 0. The summed E-state index contributed by atoms with van der Waals surface area (Å²) >= 11 is 0. The number of aliphatic hydroxyl groups excluding tert-OH is 1. The Morgan fingerprint density at radius 3 is 1.60 bits per heavy atom. The van der Waals surface area contributed by atoms with Crippen LogP contribution >= 0.6 is 0 Å². The Kier molecular flexibility index (Phi) is 3.25. The Bertz CT molecular complexity index is 314.